The summed E-state index contributed by atoms with van der Waals surface area (Å²) in [5.41, 5.74) is 2.95. The van der Waals surface area contributed by atoms with E-state index in [1.165, 1.54) is 0 Å². The Morgan fingerprint density at radius 1 is 1.13 bits per heavy atom. The van der Waals surface area contributed by atoms with Gasteiger partial charge in [0.15, 0.2) is 11.5 Å². The fourth-order valence-corrected chi connectivity index (χ4v) is 2.66. The molecule has 1 aliphatic rings. The molecular weight excluding hydrogens is 314 g/mol. The molecule has 0 saturated heterocycles. The Bertz CT molecular complexity index is 758. The van der Waals surface area contributed by atoms with Crippen LogP contribution in [0.3, 0.4) is 0 Å². The average molecular weight is 332 g/mol. The van der Waals surface area contributed by atoms with E-state index in [1.54, 1.807) is 12.1 Å². The zero-order valence-electron chi connectivity index (χ0n) is 13.1. The normalized spacial score (nSPS) is 13.3. The van der Waals surface area contributed by atoms with E-state index in [-0.39, 0.29) is 5.91 Å². The van der Waals surface area contributed by atoms with Gasteiger partial charge in [-0.1, -0.05) is 17.7 Å². The number of rotatable bonds is 2. The first-order valence-corrected chi connectivity index (χ1v) is 7.91. The van der Waals surface area contributed by atoms with Gasteiger partial charge >= 0.3 is 0 Å². The lowest BCUT2D eigenvalue weighted by Gasteiger charge is -2.14. The van der Waals surface area contributed by atoms with Gasteiger partial charge in [-0.25, -0.2) is 0 Å². The van der Waals surface area contributed by atoms with Gasteiger partial charge in [0.1, 0.15) is 0 Å². The van der Waals surface area contributed by atoms with Crippen LogP contribution in [0, 0.1) is 13.8 Å². The van der Waals surface area contributed by atoms with E-state index in [0.29, 0.717) is 41.0 Å². The number of amides is 1. The summed E-state index contributed by atoms with van der Waals surface area (Å²) in [6, 6.07) is 9.03. The molecule has 0 aliphatic carbocycles. The van der Waals surface area contributed by atoms with Crippen LogP contribution in [0.15, 0.2) is 30.3 Å². The third-order valence-electron chi connectivity index (χ3n) is 3.86. The first-order chi connectivity index (χ1) is 11.1. The lowest BCUT2D eigenvalue weighted by atomic mass is 10.1. The number of carbonyl (C=O) groups is 1. The van der Waals surface area contributed by atoms with Gasteiger partial charge in [0.05, 0.1) is 13.2 Å². The molecule has 0 fully saturated rings. The van der Waals surface area contributed by atoms with E-state index in [4.69, 9.17) is 21.1 Å². The van der Waals surface area contributed by atoms with Crippen LogP contribution >= 0.6 is 11.6 Å². The standard InChI is InChI=1S/C18H18ClNO3/c1-11-9-16-17(23-8-4-7-22-16)10-13(11)18(21)20-15-6-3-5-14(19)12(15)2/h3,5-6,9-10H,4,7-8H2,1-2H3,(H,20,21). The Morgan fingerprint density at radius 2 is 1.83 bits per heavy atom. The maximum absolute atomic E-state index is 12.6. The predicted molar refractivity (Wildman–Crippen MR) is 90.9 cm³/mol. The van der Waals surface area contributed by atoms with Crippen LogP contribution in [0.2, 0.25) is 5.02 Å². The molecule has 1 amide bonds. The Labute approximate surface area is 140 Å². The van der Waals surface area contributed by atoms with Gasteiger partial charge in [0.25, 0.3) is 5.91 Å². The van der Waals surface area contributed by atoms with E-state index in [9.17, 15) is 4.79 Å². The summed E-state index contributed by atoms with van der Waals surface area (Å²) in [6.45, 7) is 4.97. The van der Waals surface area contributed by atoms with Gasteiger partial charge in [0, 0.05) is 22.7 Å². The third-order valence-corrected chi connectivity index (χ3v) is 4.26. The second-order valence-electron chi connectivity index (χ2n) is 5.53. The van der Waals surface area contributed by atoms with Crippen LogP contribution in [-0.4, -0.2) is 19.1 Å². The van der Waals surface area contributed by atoms with E-state index in [2.05, 4.69) is 5.32 Å². The van der Waals surface area contributed by atoms with Gasteiger partial charge in [0.2, 0.25) is 0 Å². The maximum Gasteiger partial charge on any atom is 0.256 e. The van der Waals surface area contributed by atoms with E-state index in [0.717, 1.165) is 17.5 Å². The number of carbonyl (C=O) groups excluding carboxylic acids is 1. The molecule has 2 aromatic carbocycles. The molecule has 23 heavy (non-hydrogen) atoms. The molecule has 0 spiro atoms. The summed E-state index contributed by atoms with van der Waals surface area (Å²) < 4.78 is 11.3. The largest absolute Gasteiger partial charge is 0.490 e. The lowest BCUT2D eigenvalue weighted by Crippen LogP contribution is -2.14. The van der Waals surface area contributed by atoms with Crippen molar-refractivity contribution in [3.63, 3.8) is 0 Å². The number of aryl methyl sites for hydroxylation is 1. The summed E-state index contributed by atoms with van der Waals surface area (Å²) in [7, 11) is 0. The molecule has 4 nitrogen and oxygen atoms in total. The van der Waals surface area contributed by atoms with Crippen LogP contribution in [-0.2, 0) is 0 Å². The average Bonchev–Trinajstić information content (AvgIpc) is 2.75. The second-order valence-corrected chi connectivity index (χ2v) is 5.94. The number of ether oxygens (including phenoxy) is 2. The smallest absolute Gasteiger partial charge is 0.256 e. The quantitative estimate of drug-likeness (QED) is 0.888. The van der Waals surface area contributed by atoms with Crippen molar-refractivity contribution in [1.29, 1.82) is 0 Å². The van der Waals surface area contributed by atoms with Gasteiger partial charge in [-0.15, -0.1) is 0 Å². The fourth-order valence-electron chi connectivity index (χ4n) is 2.49. The highest BCUT2D eigenvalue weighted by Gasteiger charge is 2.18. The molecule has 2 aromatic rings. The molecule has 0 bridgehead atoms. The topological polar surface area (TPSA) is 47.6 Å². The van der Waals surface area contributed by atoms with Crippen LogP contribution in [0.5, 0.6) is 11.5 Å². The fraction of sp³-hybridized carbons (Fsp3) is 0.278. The monoisotopic (exact) mass is 331 g/mol. The molecule has 3 rings (SSSR count). The van der Waals surface area contributed by atoms with E-state index >= 15 is 0 Å². The van der Waals surface area contributed by atoms with Crippen molar-refractivity contribution in [3.05, 3.63) is 52.0 Å². The Morgan fingerprint density at radius 3 is 2.57 bits per heavy atom. The molecule has 1 aliphatic heterocycles. The minimum atomic E-state index is -0.191. The molecule has 0 unspecified atom stereocenters. The first-order valence-electron chi connectivity index (χ1n) is 7.53. The summed E-state index contributed by atoms with van der Waals surface area (Å²) in [5.74, 6) is 1.11. The highest BCUT2D eigenvalue weighted by atomic mass is 35.5. The van der Waals surface area contributed by atoms with Crippen molar-refractivity contribution in [2.75, 3.05) is 18.5 Å². The van der Waals surface area contributed by atoms with E-state index in [1.807, 2.05) is 32.0 Å². The minimum Gasteiger partial charge on any atom is -0.490 e. The summed E-state index contributed by atoms with van der Waals surface area (Å²) in [4.78, 5) is 12.6. The highest BCUT2D eigenvalue weighted by molar-refractivity contribution is 6.31. The number of fused-ring (bicyclic) bond motifs is 1. The number of anilines is 1. The van der Waals surface area contributed by atoms with Crippen LogP contribution < -0.4 is 14.8 Å². The maximum atomic E-state index is 12.6. The zero-order valence-corrected chi connectivity index (χ0v) is 13.9. The molecule has 5 heteroatoms. The SMILES string of the molecule is Cc1cc2c(cc1C(=O)Nc1cccc(Cl)c1C)OCCCO2. The molecule has 0 radical (unpaired) electrons. The van der Waals surface area contributed by atoms with Gasteiger partial charge < -0.3 is 14.8 Å². The second kappa shape index (κ2) is 6.50. The number of hydrogen-bond acceptors (Lipinski definition) is 3. The molecule has 1 heterocycles. The third kappa shape index (κ3) is 3.27. The van der Waals surface area contributed by atoms with Gasteiger partial charge in [-0.05, 0) is 49.2 Å². The van der Waals surface area contributed by atoms with Gasteiger partial charge in [-0.2, -0.15) is 0 Å². The number of benzene rings is 2. The molecule has 1 N–H and O–H groups in total. The lowest BCUT2D eigenvalue weighted by molar-refractivity contribution is 0.102. The molecule has 0 saturated carbocycles. The van der Waals surface area contributed by atoms with Crippen LogP contribution in [0.1, 0.15) is 27.9 Å². The Balaban J connectivity index is 1.90. The Hall–Kier alpha value is -2.20. The number of nitrogens with one attached hydrogen (secondary N) is 1. The summed E-state index contributed by atoms with van der Waals surface area (Å²) >= 11 is 6.10. The molecular formula is C18H18ClNO3. The minimum absolute atomic E-state index is 0.191. The summed E-state index contributed by atoms with van der Waals surface area (Å²) in [6.07, 6.45) is 0.830. The van der Waals surface area contributed by atoms with Crippen molar-refractivity contribution in [1.82, 2.24) is 0 Å². The number of halogens is 1. The van der Waals surface area contributed by atoms with Gasteiger partial charge in [-0.3, -0.25) is 4.79 Å². The van der Waals surface area contributed by atoms with Crippen molar-refractivity contribution >= 4 is 23.2 Å². The molecule has 120 valence electrons. The van der Waals surface area contributed by atoms with E-state index < -0.39 is 0 Å². The predicted octanol–water partition coefficient (Wildman–Crippen LogP) is 4.37. The number of hydrogen-bond donors (Lipinski definition) is 1. The first kappa shape index (κ1) is 15.7. The van der Waals surface area contributed by atoms with Crippen molar-refractivity contribution in [2.24, 2.45) is 0 Å². The highest BCUT2D eigenvalue weighted by Crippen LogP contribution is 2.33. The van der Waals surface area contributed by atoms with Crippen molar-refractivity contribution in [2.45, 2.75) is 20.3 Å². The molecule has 0 atom stereocenters. The Kier molecular flexibility index (Phi) is 4.44. The summed E-state index contributed by atoms with van der Waals surface area (Å²) in [5, 5.41) is 3.53. The molecule has 0 aromatic heterocycles. The van der Waals surface area contributed by atoms with Crippen LogP contribution in [0.25, 0.3) is 0 Å². The van der Waals surface area contributed by atoms with Crippen molar-refractivity contribution in [3.8, 4) is 11.5 Å². The van der Waals surface area contributed by atoms with Crippen molar-refractivity contribution < 1.29 is 14.3 Å². The zero-order chi connectivity index (χ0) is 16.4. The van der Waals surface area contributed by atoms with Crippen LogP contribution in [0.4, 0.5) is 5.69 Å².